The highest BCUT2D eigenvalue weighted by molar-refractivity contribution is 5.92. The van der Waals surface area contributed by atoms with E-state index < -0.39 is 0 Å². The minimum absolute atomic E-state index is 0.0390. The van der Waals surface area contributed by atoms with Crippen LogP contribution in [0.5, 0.6) is 0 Å². The Balaban J connectivity index is 1.18. The van der Waals surface area contributed by atoms with Crippen LogP contribution in [0, 0.1) is 0 Å². The molecule has 9 heteroatoms. The molecule has 0 spiro atoms. The summed E-state index contributed by atoms with van der Waals surface area (Å²) in [6, 6.07) is 4.33. The average Bonchev–Trinajstić information content (AvgIpc) is 3.45. The molecule has 0 aromatic carbocycles. The Morgan fingerprint density at radius 2 is 1.97 bits per heavy atom. The van der Waals surface area contributed by atoms with E-state index in [0.717, 1.165) is 74.8 Å². The first-order chi connectivity index (χ1) is 15.5. The van der Waals surface area contributed by atoms with E-state index in [4.69, 9.17) is 4.98 Å². The molecule has 9 nitrogen and oxygen atoms in total. The second kappa shape index (κ2) is 8.63. The number of amides is 1. The van der Waals surface area contributed by atoms with Gasteiger partial charge < -0.3 is 15.2 Å². The number of hydrogen-bond acceptors (Lipinski definition) is 7. The van der Waals surface area contributed by atoms with Gasteiger partial charge in [0, 0.05) is 51.7 Å². The number of rotatable bonds is 4. The third kappa shape index (κ3) is 4.02. The van der Waals surface area contributed by atoms with E-state index in [0.29, 0.717) is 24.2 Å². The molecule has 1 amide bonds. The predicted octanol–water partition coefficient (Wildman–Crippen LogP) is 0.928. The average molecular weight is 438 g/mol. The number of nitrogens with one attached hydrogen (secondary N) is 2. The Morgan fingerprint density at radius 1 is 1.16 bits per heavy atom. The fourth-order valence-electron chi connectivity index (χ4n) is 5.30. The highest BCUT2D eigenvalue weighted by atomic mass is 16.1. The van der Waals surface area contributed by atoms with Crippen molar-refractivity contribution in [3.63, 3.8) is 0 Å². The number of likely N-dealkylation sites (tertiary alicyclic amines) is 1. The van der Waals surface area contributed by atoms with Crippen LogP contribution < -0.4 is 15.8 Å². The minimum atomic E-state index is -0.162. The highest BCUT2D eigenvalue weighted by Crippen LogP contribution is 2.31. The zero-order chi connectivity index (χ0) is 22.2. The lowest BCUT2D eigenvalue weighted by molar-refractivity contribution is 0.0958. The molecular formula is C23H31N7O2. The van der Waals surface area contributed by atoms with Crippen molar-refractivity contribution in [1.29, 1.82) is 0 Å². The maximum absolute atomic E-state index is 12.5. The van der Waals surface area contributed by atoms with E-state index in [2.05, 4.69) is 30.0 Å². The van der Waals surface area contributed by atoms with Crippen LogP contribution in [-0.2, 0) is 13.1 Å². The second-order valence-electron chi connectivity index (χ2n) is 9.23. The molecule has 0 aliphatic carbocycles. The Bertz CT molecular complexity index is 1040. The van der Waals surface area contributed by atoms with Crippen LogP contribution in [0.3, 0.4) is 0 Å². The van der Waals surface area contributed by atoms with E-state index in [1.165, 1.54) is 0 Å². The second-order valence-corrected chi connectivity index (χ2v) is 9.23. The van der Waals surface area contributed by atoms with E-state index in [1.807, 2.05) is 13.1 Å². The first kappa shape index (κ1) is 21.1. The molecule has 2 aromatic heterocycles. The summed E-state index contributed by atoms with van der Waals surface area (Å²) < 4.78 is 0. The van der Waals surface area contributed by atoms with Crippen molar-refractivity contribution in [2.45, 2.75) is 44.3 Å². The van der Waals surface area contributed by atoms with Gasteiger partial charge in [0.2, 0.25) is 0 Å². The molecule has 0 radical (unpaired) electrons. The summed E-state index contributed by atoms with van der Waals surface area (Å²) in [6.07, 6.45) is 5.04. The van der Waals surface area contributed by atoms with Crippen LogP contribution in [0.4, 0.5) is 5.69 Å². The monoisotopic (exact) mass is 437 g/mol. The van der Waals surface area contributed by atoms with E-state index >= 15 is 0 Å². The first-order valence-electron chi connectivity index (χ1n) is 11.5. The first-order valence-corrected chi connectivity index (χ1v) is 11.5. The molecule has 2 saturated heterocycles. The van der Waals surface area contributed by atoms with Gasteiger partial charge in [0.1, 0.15) is 11.5 Å². The van der Waals surface area contributed by atoms with Gasteiger partial charge in [-0.15, -0.1) is 0 Å². The summed E-state index contributed by atoms with van der Waals surface area (Å²) in [5.74, 6) is 1.01. The van der Waals surface area contributed by atoms with Gasteiger partial charge in [0.05, 0.1) is 23.1 Å². The molecule has 3 aliphatic rings. The third-order valence-electron chi connectivity index (χ3n) is 7.13. The summed E-state index contributed by atoms with van der Waals surface area (Å²) in [6.45, 7) is 5.43. The van der Waals surface area contributed by atoms with Crippen molar-refractivity contribution in [2.24, 2.45) is 0 Å². The molecule has 2 aromatic rings. The van der Waals surface area contributed by atoms with Crippen LogP contribution >= 0.6 is 0 Å². The maximum Gasteiger partial charge on any atom is 0.269 e. The Morgan fingerprint density at radius 3 is 2.69 bits per heavy atom. The zero-order valence-electron chi connectivity index (χ0n) is 18.8. The molecule has 1 atom stereocenters. The molecule has 0 saturated carbocycles. The molecule has 2 N–H and O–H groups in total. The van der Waals surface area contributed by atoms with Crippen molar-refractivity contribution >= 4 is 11.6 Å². The smallest absolute Gasteiger partial charge is 0.269 e. The van der Waals surface area contributed by atoms with Crippen LogP contribution in [0.2, 0.25) is 0 Å². The van der Waals surface area contributed by atoms with Crippen molar-refractivity contribution in [3.8, 4) is 0 Å². The number of anilines is 1. The summed E-state index contributed by atoms with van der Waals surface area (Å²) in [5.41, 5.74) is 3.34. The van der Waals surface area contributed by atoms with Gasteiger partial charge in [-0.05, 0) is 45.0 Å². The van der Waals surface area contributed by atoms with Gasteiger partial charge in [-0.25, -0.2) is 9.97 Å². The maximum atomic E-state index is 12.5. The number of fused-ring (bicyclic) bond motifs is 1. The topological polar surface area (TPSA) is 97.5 Å². The number of aromatic nitrogens is 3. The Labute approximate surface area is 187 Å². The van der Waals surface area contributed by atoms with Gasteiger partial charge >= 0.3 is 0 Å². The number of carbonyl (C=O) groups is 1. The van der Waals surface area contributed by atoms with Gasteiger partial charge in [0.25, 0.3) is 11.5 Å². The lowest BCUT2D eigenvalue weighted by Gasteiger charge is -2.37. The molecule has 1 unspecified atom stereocenters. The van der Waals surface area contributed by atoms with Gasteiger partial charge in [-0.1, -0.05) is 0 Å². The molecule has 170 valence electrons. The molecule has 5 rings (SSSR count). The fraction of sp³-hybridized carbons (Fsp3) is 0.565. The zero-order valence-corrected chi connectivity index (χ0v) is 18.8. The molecule has 2 fully saturated rings. The largest absolute Gasteiger partial charge is 0.370 e. The van der Waals surface area contributed by atoms with Crippen molar-refractivity contribution in [3.05, 3.63) is 51.5 Å². The molecule has 3 aliphatic heterocycles. The molecule has 32 heavy (non-hydrogen) atoms. The number of hydrogen-bond donors (Lipinski definition) is 2. The highest BCUT2D eigenvalue weighted by Gasteiger charge is 2.33. The van der Waals surface area contributed by atoms with E-state index in [1.54, 1.807) is 19.3 Å². The quantitative estimate of drug-likeness (QED) is 0.734. The van der Waals surface area contributed by atoms with Crippen LogP contribution in [-0.4, -0.2) is 77.0 Å². The van der Waals surface area contributed by atoms with E-state index in [9.17, 15) is 9.59 Å². The summed E-state index contributed by atoms with van der Waals surface area (Å²) in [7, 11) is 3.64. The predicted molar refractivity (Wildman–Crippen MR) is 122 cm³/mol. The third-order valence-corrected chi connectivity index (χ3v) is 7.13. The Kier molecular flexibility index (Phi) is 5.69. The van der Waals surface area contributed by atoms with Gasteiger partial charge in [-0.3, -0.25) is 19.4 Å². The fourth-order valence-corrected chi connectivity index (χ4v) is 5.30. The van der Waals surface area contributed by atoms with Gasteiger partial charge in [0.15, 0.2) is 0 Å². The van der Waals surface area contributed by atoms with Crippen LogP contribution in [0.1, 0.15) is 52.8 Å². The SMILES string of the molecule is CNC(=O)c1ccc(N2CCC(N3CCC(c4nc5c(c(=O)[nH]4)CN(C)C5)C3)CC2)cn1. The number of nitrogens with zero attached hydrogens (tertiary/aromatic N) is 5. The van der Waals surface area contributed by atoms with Crippen molar-refractivity contribution in [1.82, 2.24) is 30.1 Å². The molecular weight excluding hydrogens is 406 g/mol. The standard InChI is InChI=1S/C23H31N7O2/c1-24-23(32)19-4-3-17(11-25-19)29-9-6-16(7-10-29)30-8-5-15(12-30)21-26-20-14-28(2)13-18(20)22(31)27-21/h3-4,11,15-16H,5-10,12-14H2,1-2H3,(H,24,32)(H,26,27,31). The van der Waals surface area contributed by atoms with Crippen molar-refractivity contribution in [2.75, 3.05) is 45.2 Å². The molecule has 5 heterocycles. The summed E-state index contributed by atoms with van der Waals surface area (Å²) in [5, 5.41) is 2.60. The number of H-pyrrole nitrogens is 1. The summed E-state index contributed by atoms with van der Waals surface area (Å²) >= 11 is 0. The number of carbonyl (C=O) groups excluding carboxylic acids is 1. The normalized spacial score (nSPS) is 22.3. The summed E-state index contributed by atoms with van der Waals surface area (Å²) in [4.78, 5) is 43.5. The van der Waals surface area contributed by atoms with Crippen LogP contribution in [0.25, 0.3) is 0 Å². The number of aromatic amines is 1. The number of pyridine rings is 1. The van der Waals surface area contributed by atoms with Gasteiger partial charge in [-0.2, -0.15) is 0 Å². The lowest BCUT2D eigenvalue weighted by Crippen LogP contribution is -2.44. The van der Waals surface area contributed by atoms with E-state index in [-0.39, 0.29) is 11.5 Å². The van der Waals surface area contributed by atoms with Crippen LogP contribution in [0.15, 0.2) is 23.1 Å². The molecule has 0 bridgehead atoms. The minimum Gasteiger partial charge on any atom is -0.370 e. The number of piperidine rings is 1. The van der Waals surface area contributed by atoms with Crippen molar-refractivity contribution < 1.29 is 4.79 Å². The Hall–Kier alpha value is -2.78. The lowest BCUT2D eigenvalue weighted by atomic mass is 10.0.